The van der Waals surface area contributed by atoms with Gasteiger partial charge < -0.3 is 9.47 Å². The normalized spacial score (nSPS) is 20.4. The molecule has 1 aliphatic rings. The first-order chi connectivity index (χ1) is 8.11. The number of aryl methyl sites for hydroxylation is 1. The molecular formula is C13H16BrFO2. The van der Waals surface area contributed by atoms with Crippen LogP contribution in [0.1, 0.15) is 30.6 Å². The van der Waals surface area contributed by atoms with Crippen molar-refractivity contribution in [3.05, 3.63) is 33.5 Å². The summed E-state index contributed by atoms with van der Waals surface area (Å²) >= 11 is 3.47. The van der Waals surface area contributed by atoms with Crippen molar-refractivity contribution in [3.63, 3.8) is 0 Å². The lowest BCUT2D eigenvalue weighted by molar-refractivity contribution is 0.0388. The smallest absolute Gasteiger partial charge is 0.126 e. The Labute approximate surface area is 109 Å². The summed E-state index contributed by atoms with van der Waals surface area (Å²) in [7, 11) is 0. The maximum Gasteiger partial charge on any atom is 0.126 e. The molecule has 1 saturated heterocycles. The van der Waals surface area contributed by atoms with Crippen LogP contribution in [0.15, 0.2) is 16.6 Å². The molecule has 94 valence electrons. The highest BCUT2D eigenvalue weighted by atomic mass is 79.9. The van der Waals surface area contributed by atoms with Gasteiger partial charge in [-0.25, -0.2) is 4.39 Å². The maximum absolute atomic E-state index is 13.6. The summed E-state index contributed by atoms with van der Waals surface area (Å²) in [6.07, 6.45) is 0.968. The second kappa shape index (κ2) is 5.46. The van der Waals surface area contributed by atoms with Gasteiger partial charge in [0.05, 0.1) is 19.3 Å². The van der Waals surface area contributed by atoms with Gasteiger partial charge in [0.1, 0.15) is 11.9 Å². The first kappa shape index (κ1) is 13.0. The molecule has 2 nitrogen and oxygen atoms in total. The molecule has 0 amide bonds. The van der Waals surface area contributed by atoms with E-state index in [1.807, 2.05) is 6.92 Å². The molecule has 0 aliphatic carbocycles. The van der Waals surface area contributed by atoms with E-state index >= 15 is 0 Å². The van der Waals surface area contributed by atoms with Gasteiger partial charge in [0, 0.05) is 4.47 Å². The van der Waals surface area contributed by atoms with Crippen molar-refractivity contribution >= 4 is 15.9 Å². The van der Waals surface area contributed by atoms with Crippen LogP contribution in [0.25, 0.3) is 0 Å². The minimum Gasteiger partial charge on any atom is -0.371 e. The molecule has 1 fully saturated rings. The van der Waals surface area contributed by atoms with Crippen molar-refractivity contribution in [2.45, 2.75) is 32.5 Å². The number of halogens is 2. The van der Waals surface area contributed by atoms with Crippen LogP contribution in [0.3, 0.4) is 0 Å². The molecule has 0 radical (unpaired) electrons. The molecule has 1 aromatic rings. The second-order valence-corrected chi connectivity index (χ2v) is 5.16. The van der Waals surface area contributed by atoms with E-state index in [1.54, 1.807) is 19.1 Å². The van der Waals surface area contributed by atoms with Crippen LogP contribution in [0.2, 0.25) is 0 Å². The molecule has 0 aromatic heterocycles. The Hall–Kier alpha value is -0.450. The van der Waals surface area contributed by atoms with Crippen molar-refractivity contribution in [2.24, 2.45) is 0 Å². The third-order valence-corrected chi connectivity index (χ3v) is 3.57. The molecule has 0 N–H and O–H groups in total. The lowest BCUT2D eigenvalue weighted by Gasteiger charge is -2.18. The van der Waals surface area contributed by atoms with E-state index in [-0.39, 0.29) is 18.0 Å². The number of rotatable bonds is 5. The zero-order valence-electron chi connectivity index (χ0n) is 10.0. The number of ether oxygens (including phenoxy) is 2. The van der Waals surface area contributed by atoms with Gasteiger partial charge in [0.15, 0.2) is 0 Å². The van der Waals surface area contributed by atoms with E-state index in [2.05, 4.69) is 15.9 Å². The average Bonchev–Trinajstić information content (AvgIpc) is 3.09. The topological polar surface area (TPSA) is 21.8 Å². The van der Waals surface area contributed by atoms with E-state index in [9.17, 15) is 4.39 Å². The third-order valence-electron chi connectivity index (χ3n) is 2.88. The van der Waals surface area contributed by atoms with E-state index in [0.717, 1.165) is 23.1 Å². The van der Waals surface area contributed by atoms with Crippen LogP contribution >= 0.6 is 15.9 Å². The van der Waals surface area contributed by atoms with Crippen LogP contribution in [0, 0.1) is 12.7 Å². The monoisotopic (exact) mass is 302 g/mol. The lowest BCUT2D eigenvalue weighted by Crippen LogP contribution is -2.09. The van der Waals surface area contributed by atoms with E-state index in [0.29, 0.717) is 12.2 Å². The highest BCUT2D eigenvalue weighted by Crippen LogP contribution is 2.31. The molecule has 0 spiro atoms. The fourth-order valence-corrected chi connectivity index (χ4v) is 2.44. The van der Waals surface area contributed by atoms with E-state index in [1.165, 1.54) is 0 Å². The SMILES string of the molecule is CC[C@@H](OCC1CO1)c1cc(F)c(C)cc1Br. The summed E-state index contributed by atoms with van der Waals surface area (Å²) in [5.41, 5.74) is 1.51. The first-order valence-corrected chi connectivity index (χ1v) is 6.59. The Morgan fingerprint density at radius 3 is 2.88 bits per heavy atom. The second-order valence-electron chi connectivity index (χ2n) is 4.31. The Balaban J connectivity index is 2.13. The van der Waals surface area contributed by atoms with Crippen LogP contribution in [0.5, 0.6) is 0 Å². The molecule has 1 heterocycles. The third kappa shape index (κ3) is 3.27. The molecule has 2 atom stereocenters. The number of hydrogen-bond acceptors (Lipinski definition) is 2. The lowest BCUT2D eigenvalue weighted by atomic mass is 10.0. The van der Waals surface area contributed by atoms with Crippen molar-refractivity contribution in [1.29, 1.82) is 0 Å². The summed E-state index contributed by atoms with van der Waals surface area (Å²) in [6.45, 7) is 5.15. The van der Waals surface area contributed by atoms with Gasteiger partial charge in [-0.05, 0) is 36.6 Å². The fraction of sp³-hybridized carbons (Fsp3) is 0.538. The van der Waals surface area contributed by atoms with Crippen LogP contribution in [-0.4, -0.2) is 19.3 Å². The molecule has 17 heavy (non-hydrogen) atoms. The predicted octanol–water partition coefficient (Wildman–Crippen LogP) is 3.76. The predicted molar refractivity (Wildman–Crippen MR) is 67.6 cm³/mol. The van der Waals surface area contributed by atoms with Crippen LogP contribution in [-0.2, 0) is 9.47 Å². The summed E-state index contributed by atoms with van der Waals surface area (Å²) in [5.74, 6) is -0.187. The highest BCUT2D eigenvalue weighted by Gasteiger charge is 2.25. The molecule has 1 aromatic carbocycles. The quantitative estimate of drug-likeness (QED) is 0.773. The van der Waals surface area contributed by atoms with Gasteiger partial charge in [-0.2, -0.15) is 0 Å². The minimum absolute atomic E-state index is 0.0799. The Kier molecular flexibility index (Phi) is 4.17. The highest BCUT2D eigenvalue weighted by molar-refractivity contribution is 9.10. The van der Waals surface area contributed by atoms with Gasteiger partial charge in [0.25, 0.3) is 0 Å². The molecule has 4 heteroatoms. The summed E-state index contributed by atoms with van der Waals surface area (Å²) in [5, 5.41) is 0. The van der Waals surface area contributed by atoms with Crippen molar-refractivity contribution < 1.29 is 13.9 Å². The van der Waals surface area contributed by atoms with Gasteiger partial charge in [-0.3, -0.25) is 0 Å². The van der Waals surface area contributed by atoms with Crippen LogP contribution in [0.4, 0.5) is 4.39 Å². The molecule has 0 saturated carbocycles. The molecule has 1 unspecified atom stereocenters. The van der Waals surface area contributed by atoms with Gasteiger partial charge in [0.2, 0.25) is 0 Å². The Morgan fingerprint density at radius 1 is 1.59 bits per heavy atom. The molecule has 2 rings (SSSR count). The number of hydrogen-bond donors (Lipinski definition) is 0. The zero-order chi connectivity index (χ0) is 12.4. The largest absolute Gasteiger partial charge is 0.371 e. The fourth-order valence-electron chi connectivity index (χ4n) is 1.72. The van der Waals surface area contributed by atoms with Gasteiger partial charge >= 0.3 is 0 Å². The maximum atomic E-state index is 13.6. The first-order valence-electron chi connectivity index (χ1n) is 5.80. The van der Waals surface area contributed by atoms with Gasteiger partial charge in [-0.15, -0.1) is 0 Å². The summed E-state index contributed by atoms with van der Waals surface area (Å²) in [6, 6.07) is 3.35. The summed E-state index contributed by atoms with van der Waals surface area (Å²) in [4.78, 5) is 0. The molecular weight excluding hydrogens is 287 g/mol. The molecule has 0 bridgehead atoms. The van der Waals surface area contributed by atoms with Crippen LogP contribution < -0.4 is 0 Å². The number of epoxide rings is 1. The standard InChI is InChI=1S/C13H16BrFO2/c1-3-13(17-7-9-6-16-9)10-5-12(15)8(2)4-11(10)14/h4-5,9,13H,3,6-7H2,1-2H3/t9?,13-/m1/s1. The minimum atomic E-state index is -0.187. The van der Waals surface area contributed by atoms with Crippen molar-refractivity contribution in [3.8, 4) is 0 Å². The van der Waals surface area contributed by atoms with Gasteiger partial charge in [-0.1, -0.05) is 22.9 Å². The van der Waals surface area contributed by atoms with Crippen molar-refractivity contribution in [2.75, 3.05) is 13.2 Å². The zero-order valence-corrected chi connectivity index (χ0v) is 11.6. The number of benzene rings is 1. The van der Waals surface area contributed by atoms with E-state index < -0.39 is 0 Å². The van der Waals surface area contributed by atoms with E-state index in [4.69, 9.17) is 9.47 Å². The Bertz CT molecular complexity index is 405. The average molecular weight is 303 g/mol. The summed E-state index contributed by atoms with van der Waals surface area (Å²) < 4.78 is 25.3. The molecule has 1 aliphatic heterocycles. The van der Waals surface area contributed by atoms with Crippen molar-refractivity contribution in [1.82, 2.24) is 0 Å². The Morgan fingerprint density at radius 2 is 2.29 bits per heavy atom.